The quantitative estimate of drug-likeness (QED) is 0.841. The van der Waals surface area contributed by atoms with Crippen molar-refractivity contribution in [1.82, 2.24) is 5.32 Å². The first kappa shape index (κ1) is 15.0. The Kier molecular flexibility index (Phi) is 5.46. The molecule has 5 heteroatoms. The van der Waals surface area contributed by atoms with Crippen molar-refractivity contribution in [3.8, 4) is 0 Å². The lowest BCUT2D eigenvalue weighted by atomic mass is 10.0. The van der Waals surface area contributed by atoms with Gasteiger partial charge in [-0.15, -0.1) is 0 Å². The van der Waals surface area contributed by atoms with E-state index in [1.807, 2.05) is 6.92 Å². The lowest BCUT2D eigenvalue weighted by molar-refractivity contribution is 0.0540. The molecule has 0 spiro atoms. The Balaban J connectivity index is 1.99. The number of rotatable bonds is 4. The highest BCUT2D eigenvalue weighted by Crippen LogP contribution is 2.32. The Bertz CT molecular complexity index is 436. The predicted octanol–water partition coefficient (Wildman–Crippen LogP) is 4.21. The van der Waals surface area contributed by atoms with E-state index >= 15 is 0 Å². The molecule has 1 N–H and O–H groups in total. The lowest BCUT2D eigenvalue weighted by Crippen LogP contribution is -2.31. The van der Waals surface area contributed by atoms with Crippen LogP contribution in [0.5, 0.6) is 0 Å². The second kappa shape index (κ2) is 6.89. The monoisotopic (exact) mass is 305 g/mol. The number of hydrogen-bond donors (Lipinski definition) is 1. The summed E-state index contributed by atoms with van der Waals surface area (Å²) in [4.78, 5) is 0. The largest absolute Gasteiger partial charge is 0.381 e. The fourth-order valence-corrected chi connectivity index (χ4v) is 3.05. The zero-order chi connectivity index (χ0) is 13.8. The maximum Gasteiger partial charge on any atom is 0.142 e. The average Bonchev–Trinajstić information content (AvgIpc) is 2.42. The summed E-state index contributed by atoms with van der Waals surface area (Å²) in [5.41, 5.74) is 0.625. The van der Waals surface area contributed by atoms with Crippen LogP contribution in [0.15, 0.2) is 12.1 Å². The molecule has 0 aliphatic carbocycles. The van der Waals surface area contributed by atoms with Gasteiger partial charge in [0.2, 0.25) is 0 Å². The standard InChI is InChI=1S/C14H18Cl2FNO/c1-9(18-7-10-3-2-6-19-8-10)13-11(15)4-5-12(17)14(13)16/h4-5,9-10,18H,2-3,6-8H2,1H3. The Morgan fingerprint density at radius 3 is 2.95 bits per heavy atom. The number of halogens is 3. The normalized spacial score (nSPS) is 21.4. The summed E-state index contributed by atoms with van der Waals surface area (Å²) in [5.74, 6) is 0.0676. The molecule has 106 valence electrons. The molecule has 0 aromatic heterocycles. The van der Waals surface area contributed by atoms with Gasteiger partial charge in [0, 0.05) is 29.8 Å². The molecule has 0 bridgehead atoms. The van der Waals surface area contributed by atoms with Crippen LogP contribution < -0.4 is 5.32 Å². The van der Waals surface area contributed by atoms with Gasteiger partial charge < -0.3 is 10.1 Å². The zero-order valence-electron chi connectivity index (χ0n) is 10.9. The summed E-state index contributed by atoms with van der Waals surface area (Å²) < 4.78 is 18.9. The van der Waals surface area contributed by atoms with E-state index < -0.39 is 5.82 Å². The van der Waals surface area contributed by atoms with Gasteiger partial charge in [-0.25, -0.2) is 4.39 Å². The van der Waals surface area contributed by atoms with Gasteiger partial charge in [-0.1, -0.05) is 23.2 Å². The molecule has 0 saturated carbocycles. The molecule has 0 amide bonds. The van der Waals surface area contributed by atoms with Crippen LogP contribution in [0, 0.1) is 11.7 Å². The molecule has 1 aliphatic heterocycles. The summed E-state index contributed by atoms with van der Waals surface area (Å²) in [6.45, 7) is 4.40. The molecule has 1 saturated heterocycles. The SMILES string of the molecule is CC(NCC1CCCOC1)c1c(Cl)ccc(F)c1Cl. The van der Waals surface area contributed by atoms with Gasteiger partial charge in [0.05, 0.1) is 11.6 Å². The van der Waals surface area contributed by atoms with E-state index in [9.17, 15) is 4.39 Å². The summed E-state index contributed by atoms with van der Waals surface area (Å²) >= 11 is 12.1. The Labute approximate surface area is 123 Å². The molecule has 1 aromatic carbocycles. The Morgan fingerprint density at radius 1 is 1.47 bits per heavy atom. The molecular weight excluding hydrogens is 288 g/mol. The van der Waals surface area contributed by atoms with Crippen LogP contribution in [-0.2, 0) is 4.74 Å². The van der Waals surface area contributed by atoms with Gasteiger partial charge >= 0.3 is 0 Å². The van der Waals surface area contributed by atoms with Gasteiger partial charge in [0.25, 0.3) is 0 Å². The molecule has 1 aromatic rings. The van der Waals surface area contributed by atoms with E-state index in [0.717, 1.165) is 32.6 Å². The Morgan fingerprint density at radius 2 is 2.26 bits per heavy atom. The van der Waals surface area contributed by atoms with Crippen molar-refractivity contribution in [1.29, 1.82) is 0 Å². The topological polar surface area (TPSA) is 21.3 Å². The average molecular weight is 306 g/mol. The first-order valence-corrected chi connectivity index (χ1v) is 7.29. The van der Waals surface area contributed by atoms with Gasteiger partial charge in [0.1, 0.15) is 5.82 Å². The number of hydrogen-bond acceptors (Lipinski definition) is 2. The molecule has 19 heavy (non-hydrogen) atoms. The third kappa shape index (κ3) is 3.82. The van der Waals surface area contributed by atoms with Crippen molar-refractivity contribution in [2.45, 2.75) is 25.8 Å². The summed E-state index contributed by atoms with van der Waals surface area (Å²) in [6.07, 6.45) is 2.26. The highest BCUT2D eigenvalue weighted by Gasteiger charge is 2.19. The number of nitrogens with one attached hydrogen (secondary N) is 1. The maximum atomic E-state index is 13.5. The molecule has 1 aliphatic rings. The van der Waals surface area contributed by atoms with Gasteiger partial charge in [-0.2, -0.15) is 0 Å². The maximum absolute atomic E-state index is 13.5. The number of ether oxygens (including phenoxy) is 1. The predicted molar refractivity (Wildman–Crippen MR) is 76.4 cm³/mol. The van der Waals surface area contributed by atoms with Crippen LogP contribution in [0.1, 0.15) is 31.4 Å². The van der Waals surface area contributed by atoms with Crippen LogP contribution >= 0.6 is 23.2 Å². The van der Waals surface area contributed by atoms with Crippen molar-refractivity contribution < 1.29 is 9.13 Å². The van der Waals surface area contributed by atoms with Crippen molar-refractivity contribution >= 4 is 23.2 Å². The van der Waals surface area contributed by atoms with E-state index in [0.29, 0.717) is 16.5 Å². The molecule has 1 fully saturated rings. The number of benzene rings is 1. The summed E-state index contributed by atoms with van der Waals surface area (Å²) in [5, 5.41) is 3.96. The minimum Gasteiger partial charge on any atom is -0.381 e. The van der Waals surface area contributed by atoms with E-state index in [1.54, 1.807) is 6.07 Å². The third-order valence-electron chi connectivity index (χ3n) is 3.48. The van der Waals surface area contributed by atoms with Crippen LogP contribution in [0.3, 0.4) is 0 Å². The van der Waals surface area contributed by atoms with E-state index in [4.69, 9.17) is 27.9 Å². The third-order valence-corrected chi connectivity index (χ3v) is 4.19. The van der Waals surface area contributed by atoms with Crippen LogP contribution in [0.2, 0.25) is 10.0 Å². The van der Waals surface area contributed by atoms with Crippen molar-refractivity contribution in [2.24, 2.45) is 5.92 Å². The fourth-order valence-electron chi connectivity index (χ4n) is 2.35. The lowest BCUT2D eigenvalue weighted by Gasteiger charge is -2.25. The molecule has 2 atom stereocenters. The minimum absolute atomic E-state index is 0.0855. The van der Waals surface area contributed by atoms with Gasteiger partial charge in [-0.05, 0) is 37.8 Å². The summed E-state index contributed by atoms with van der Waals surface area (Å²) in [6, 6.07) is 2.74. The highest BCUT2D eigenvalue weighted by molar-refractivity contribution is 6.36. The van der Waals surface area contributed by atoms with Crippen LogP contribution in [-0.4, -0.2) is 19.8 Å². The van der Waals surface area contributed by atoms with Crippen molar-refractivity contribution in [2.75, 3.05) is 19.8 Å². The van der Waals surface area contributed by atoms with Crippen molar-refractivity contribution in [3.63, 3.8) is 0 Å². The molecular formula is C14H18Cl2FNO. The second-order valence-corrected chi connectivity index (χ2v) is 5.76. The van der Waals surface area contributed by atoms with Gasteiger partial charge in [0.15, 0.2) is 0 Å². The molecule has 0 radical (unpaired) electrons. The molecule has 1 heterocycles. The summed E-state index contributed by atoms with van der Waals surface area (Å²) in [7, 11) is 0. The van der Waals surface area contributed by atoms with E-state index in [2.05, 4.69) is 5.32 Å². The minimum atomic E-state index is -0.435. The van der Waals surface area contributed by atoms with Crippen molar-refractivity contribution in [3.05, 3.63) is 33.6 Å². The van der Waals surface area contributed by atoms with E-state index in [1.165, 1.54) is 6.07 Å². The Hall–Kier alpha value is -0.350. The van der Waals surface area contributed by atoms with Crippen LogP contribution in [0.25, 0.3) is 0 Å². The van der Waals surface area contributed by atoms with E-state index in [-0.39, 0.29) is 11.1 Å². The second-order valence-electron chi connectivity index (χ2n) is 4.97. The van der Waals surface area contributed by atoms with Crippen LogP contribution in [0.4, 0.5) is 4.39 Å². The molecule has 2 unspecified atom stereocenters. The van der Waals surface area contributed by atoms with Gasteiger partial charge in [-0.3, -0.25) is 0 Å². The smallest absolute Gasteiger partial charge is 0.142 e. The zero-order valence-corrected chi connectivity index (χ0v) is 12.4. The molecule has 2 rings (SSSR count). The first-order valence-electron chi connectivity index (χ1n) is 6.54. The fraction of sp³-hybridized carbons (Fsp3) is 0.571. The highest BCUT2D eigenvalue weighted by atomic mass is 35.5. The first-order chi connectivity index (χ1) is 9.09. The molecule has 2 nitrogen and oxygen atoms in total.